The van der Waals surface area contributed by atoms with Gasteiger partial charge >= 0.3 is 0 Å². The van der Waals surface area contributed by atoms with Crippen LogP contribution in [0, 0.1) is 0 Å². The van der Waals surface area contributed by atoms with Crippen molar-refractivity contribution in [3.05, 3.63) is 29.8 Å². The van der Waals surface area contributed by atoms with Crippen LogP contribution in [0.2, 0.25) is 0 Å². The van der Waals surface area contributed by atoms with E-state index in [1.165, 1.54) is 0 Å². The average molecular weight is 278 g/mol. The van der Waals surface area contributed by atoms with E-state index in [4.69, 9.17) is 4.74 Å². The van der Waals surface area contributed by atoms with Crippen molar-refractivity contribution in [2.75, 3.05) is 20.2 Å². The van der Waals surface area contributed by atoms with Gasteiger partial charge in [-0.2, -0.15) is 0 Å². The van der Waals surface area contributed by atoms with Gasteiger partial charge in [-0.25, -0.2) is 0 Å². The normalized spacial score (nSPS) is 11.2. The summed E-state index contributed by atoms with van der Waals surface area (Å²) in [6.45, 7) is 7.63. The third kappa shape index (κ3) is 7.14. The van der Waals surface area contributed by atoms with Gasteiger partial charge in [-0.05, 0) is 44.9 Å². The lowest BCUT2D eigenvalue weighted by Crippen LogP contribution is -2.38. The number of benzene rings is 1. The van der Waals surface area contributed by atoms with E-state index in [9.17, 15) is 4.79 Å². The van der Waals surface area contributed by atoms with Crippen molar-refractivity contribution in [3.8, 4) is 5.75 Å². The molecule has 0 aliphatic rings. The third-order valence-electron chi connectivity index (χ3n) is 2.88. The zero-order chi connectivity index (χ0) is 15.0. The van der Waals surface area contributed by atoms with Crippen LogP contribution in [0.4, 0.5) is 0 Å². The van der Waals surface area contributed by atoms with Gasteiger partial charge in [0.05, 0.1) is 7.11 Å². The van der Waals surface area contributed by atoms with Crippen molar-refractivity contribution in [1.29, 1.82) is 0 Å². The molecule has 0 fully saturated rings. The van der Waals surface area contributed by atoms with Crippen LogP contribution < -0.4 is 15.4 Å². The fraction of sp³-hybridized carbons (Fsp3) is 0.562. The second-order valence-electron chi connectivity index (χ2n) is 5.88. The fourth-order valence-corrected chi connectivity index (χ4v) is 1.81. The smallest absolute Gasteiger partial charge is 0.221 e. The van der Waals surface area contributed by atoms with E-state index >= 15 is 0 Å². The summed E-state index contributed by atoms with van der Waals surface area (Å²) in [6.07, 6.45) is 1.32. The molecule has 4 heteroatoms. The molecule has 0 aliphatic carbocycles. The molecule has 1 amide bonds. The molecule has 2 N–H and O–H groups in total. The monoisotopic (exact) mass is 278 g/mol. The topological polar surface area (TPSA) is 50.4 Å². The molecular weight excluding hydrogens is 252 g/mol. The number of amides is 1. The molecule has 0 saturated heterocycles. The number of carbonyl (C=O) groups is 1. The largest absolute Gasteiger partial charge is 0.497 e. The first-order chi connectivity index (χ1) is 9.40. The lowest BCUT2D eigenvalue weighted by Gasteiger charge is -2.20. The van der Waals surface area contributed by atoms with E-state index in [-0.39, 0.29) is 11.4 Å². The van der Waals surface area contributed by atoms with E-state index in [1.807, 2.05) is 24.3 Å². The summed E-state index contributed by atoms with van der Waals surface area (Å²) in [5, 5.41) is 6.23. The van der Waals surface area contributed by atoms with Crippen LogP contribution in [0.15, 0.2) is 24.3 Å². The molecule has 0 spiro atoms. The number of ether oxygens (including phenoxy) is 1. The Morgan fingerprint density at radius 2 is 2.00 bits per heavy atom. The maximum Gasteiger partial charge on any atom is 0.221 e. The first-order valence-corrected chi connectivity index (χ1v) is 7.05. The van der Waals surface area contributed by atoms with Crippen molar-refractivity contribution >= 4 is 5.91 Å². The van der Waals surface area contributed by atoms with Gasteiger partial charge in [-0.3, -0.25) is 4.79 Å². The Hall–Kier alpha value is -1.55. The number of nitrogens with one attached hydrogen (secondary N) is 2. The highest BCUT2D eigenvalue weighted by molar-refractivity contribution is 5.76. The van der Waals surface area contributed by atoms with Gasteiger partial charge in [0.15, 0.2) is 0 Å². The highest BCUT2D eigenvalue weighted by Gasteiger charge is 2.09. The summed E-state index contributed by atoms with van der Waals surface area (Å²) >= 11 is 0. The van der Waals surface area contributed by atoms with Crippen LogP contribution in [0.1, 0.15) is 32.8 Å². The van der Waals surface area contributed by atoms with E-state index < -0.39 is 0 Å². The molecule has 1 rings (SSSR count). The Morgan fingerprint density at radius 3 is 2.65 bits per heavy atom. The van der Waals surface area contributed by atoms with Crippen LogP contribution in [-0.2, 0) is 11.2 Å². The van der Waals surface area contributed by atoms with Crippen molar-refractivity contribution in [2.45, 2.75) is 39.2 Å². The summed E-state index contributed by atoms with van der Waals surface area (Å²) in [7, 11) is 1.66. The molecule has 0 unspecified atom stereocenters. The summed E-state index contributed by atoms with van der Waals surface area (Å²) in [5.41, 5.74) is 1.22. The predicted octanol–water partition coefficient (Wildman–Crippen LogP) is 2.13. The van der Waals surface area contributed by atoms with Crippen molar-refractivity contribution in [2.24, 2.45) is 0 Å². The minimum Gasteiger partial charge on any atom is -0.497 e. The van der Waals surface area contributed by atoms with Gasteiger partial charge in [0.2, 0.25) is 5.91 Å². The second-order valence-corrected chi connectivity index (χ2v) is 5.88. The summed E-state index contributed by atoms with van der Waals surface area (Å²) in [6, 6.07) is 7.91. The number of carbonyl (C=O) groups excluding carboxylic acids is 1. The Balaban J connectivity index is 2.21. The highest BCUT2D eigenvalue weighted by atomic mass is 16.5. The summed E-state index contributed by atoms with van der Waals surface area (Å²) in [5.74, 6) is 0.938. The first-order valence-electron chi connectivity index (χ1n) is 7.05. The minimum atomic E-state index is 0.0564. The summed E-state index contributed by atoms with van der Waals surface area (Å²) < 4.78 is 5.17. The van der Waals surface area contributed by atoms with Gasteiger partial charge in [-0.15, -0.1) is 0 Å². The summed E-state index contributed by atoms with van der Waals surface area (Å²) in [4.78, 5) is 11.7. The van der Waals surface area contributed by atoms with Gasteiger partial charge in [0.1, 0.15) is 5.75 Å². The Labute approximate surface area is 121 Å². The SMILES string of the molecule is COc1cccc(CCNC(=O)CCNC(C)(C)C)c1. The molecule has 0 heterocycles. The fourth-order valence-electron chi connectivity index (χ4n) is 1.81. The van der Waals surface area contributed by atoms with Crippen LogP contribution in [0.3, 0.4) is 0 Å². The van der Waals surface area contributed by atoms with Gasteiger partial charge in [0.25, 0.3) is 0 Å². The van der Waals surface area contributed by atoms with Crippen LogP contribution >= 0.6 is 0 Å². The molecule has 0 aliphatic heterocycles. The maximum absolute atomic E-state index is 11.7. The van der Waals surface area contributed by atoms with E-state index in [1.54, 1.807) is 7.11 Å². The maximum atomic E-state index is 11.7. The van der Waals surface area contributed by atoms with E-state index in [0.717, 1.165) is 17.7 Å². The first kappa shape index (κ1) is 16.5. The number of hydrogen-bond acceptors (Lipinski definition) is 3. The molecule has 20 heavy (non-hydrogen) atoms. The minimum absolute atomic E-state index is 0.0564. The quantitative estimate of drug-likeness (QED) is 0.803. The zero-order valence-electron chi connectivity index (χ0n) is 13.0. The molecule has 0 radical (unpaired) electrons. The molecule has 0 saturated carbocycles. The molecule has 0 aromatic heterocycles. The number of rotatable bonds is 7. The zero-order valence-corrected chi connectivity index (χ0v) is 13.0. The third-order valence-corrected chi connectivity index (χ3v) is 2.88. The van der Waals surface area contributed by atoms with Crippen molar-refractivity contribution in [3.63, 3.8) is 0 Å². The molecular formula is C16H26N2O2. The van der Waals surface area contributed by atoms with E-state index in [0.29, 0.717) is 19.5 Å². The second kappa shape index (κ2) is 7.90. The van der Waals surface area contributed by atoms with Gasteiger partial charge in [-0.1, -0.05) is 12.1 Å². The molecule has 112 valence electrons. The van der Waals surface area contributed by atoms with Crippen LogP contribution in [-0.4, -0.2) is 31.6 Å². The van der Waals surface area contributed by atoms with Crippen molar-refractivity contribution < 1.29 is 9.53 Å². The molecule has 1 aromatic rings. The molecule has 0 atom stereocenters. The molecule has 0 bridgehead atoms. The number of hydrogen-bond donors (Lipinski definition) is 2. The average Bonchev–Trinajstić information content (AvgIpc) is 2.37. The Kier molecular flexibility index (Phi) is 6.52. The van der Waals surface area contributed by atoms with Crippen LogP contribution in [0.5, 0.6) is 5.75 Å². The van der Waals surface area contributed by atoms with Gasteiger partial charge < -0.3 is 15.4 Å². The van der Waals surface area contributed by atoms with Crippen LogP contribution in [0.25, 0.3) is 0 Å². The van der Waals surface area contributed by atoms with Crippen molar-refractivity contribution in [1.82, 2.24) is 10.6 Å². The predicted molar refractivity (Wildman–Crippen MR) is 82.1 cm³/mol. The molecule has 1 aromatic carbocycles. The molecule has 4 nitrogen and oxygen atoms in total. The Morgan fingerprint density at radius 1 is 1.25 bits per heavy atom. The Bertz CT molecular complexity index is 425. The number of methoxy groups -OCH3 is 1. The van der Waals surface area contributed by atoms with Gasteiger partial charge in [0, 0.05) is 25.0 Å². The lowest BCUT2D eigenvalue weighted by atomic mass is 10.1. The lowest BCUT2D eigenvalue weighted by molar-refractivity contribution is -0.121. The highest BCUT2D eigenvalue weighted by Crippen LogP contribution is 2.12. The van der Waals surface area contributed by atoms with E-state index in [2.05, 4.69) is 31.4 Å². The standard InChI is InChI=1S/C16H26N2O2/c1-16(2,3)18-11-9-15(19)17-10-8-13-6-5-7-14(12-13)20-4/h5-7,12,18H,8-11H2,1-4H3,(H,17,19).